The minimum Gasteiger partial charge on any atom is -0.507 e. The molecule has 3 aromatic rings. The molecule has 92 heavy (non-hydrogen) atoms. The summed E-state index contributed by atoms with van der Waals surface area (Å²) in [6, 6.07) is 11.8. The Hall–Kier alpha value is -4.64. The summed E-state index contributed by atoms with van der Waals surface area (Å²) in [4.78, 5) is 42.3. The number of phenols is 3. The fraction of sp³-hybridized carbons (Fsp3) is 0.728. The van der Waals surface area contributed by atoms with Crippen molar-refractivity contribution in [1.29, 1.82) is 0 Å². The summed E-state index contributed by atoms with van der Waals surface area (Å²) in [6.07, 6.45) is 30.4. The standard InChI is InChI=1S/C81H132O10S/c1-20-21-22-23-24-25-26-27-28-29-30-31-32-33-34-35-36-37-38-39-40-41-42-71(92)91-58-81(55-88-68(82)46-43-59-49-62(75(2,3)4)72(85)63(50-59)76(5,6)7,56-89-69(83)47-44-60-51-64(77(8,9)10)73(86)65(52-60)78(11,12)13)57-90-70(84)48-45-61-53-66(79(14,15)16)74(87)67(54-61)80(17,18)19/h49-54,85-87H,20-48,55-58H2,1-19H3. The van der Waals surface area contributed by atoms with Crippen molar-refractivity contribution in [2.45, 2.75) is 350 Å². The van der Waals surface area contributed by atoms with Gasteiger partial charge >= 0.3 is 17.9 Å². The van der Waals surface area contributed by atoms with Crippen molar-refractivity contribution in [3.63, 3.8) is 0 Å². The van der Waals surface area contributed by atoms with Gasteiger partial charge in [0, 0.05) is 25.7 Å². The highest BCUT2D eigenvalue weighted by molar-refractivity contribution is 7.80. The molecule has 0 aliphatic heterocycles. The Morgan fingerprint density at radius 2 is 0.511 bits per heavy atom. The number of carbonyl (C=O) groups is 3. The number of ether oxygens (including phenoxy) is 4. The van der Waals surface area contributed by atoms with E-state index in [1.807, 2.05) is 36.4 Å². The largest absolute Gasteiger partial charge is 0.507 e. The lowest BCUT2D eigenvalue weighted by Gasteiger charge is -2.32. The zero-order valence-electron chi connectivity index (χ0n) is 61.9. The number of phenolic OH excluding ortho intramolecular Hbond substituents is 3. The van der Waals surface area contributed by atoms with Gasteiger partial charge in [-0.2, -0.15) is 0 Å². The maximum Gasteiger partial charge on any atom is 0.306 e. The number of rotatable bonds is 40. The summed E-state index contributed by atoms with van der Waals surface area (Å²) in [7, 11) is 0. The van der Waals surface area contributed by atoms with Crippen molar-refractivity contribution in [2.75, 3.05) is 26.4 Å². The first kappa shape index (κ1) is 81.6. The lowest BCUT2D eigenvalue weighted by molar-refractivity contribution is -0.164. The summed E-state index contributed by atoms with van der Waals surface area (Å²) >= 11 is 5.89. The van der Waals surface area contributed by atoms with Crippen LogP contribution < -0.4 is 0 Å². The molecular formula is C81H132O10S. The first-order valence-electron chi connectivity index (χ1n) is 36.0. The van der Waals surface area contributed by atoms with E-state index in [1.165, 1.54) is 122 Å². The zero-order valence-corrected chi connectivity index (χ0v) is 62.7. The molecule has 0 aliphatic rings. The van der Waals surface area contributed by atoms with E-state index in [2.05, 4.69) is 132 Å². The van der Waals surface area contributed by atoms with Crippen LogP contribution >= 0.6 is 12.2 Å². The molecule has 0 bridgehead atoms. The van der Waals surface area contributed by atoms with Gasteiger partial charge in [-0.1, -0.05) is 303 Å². The third kappa shape index (κ3) is 30.0. The molecule has 0 fully saturated rings. The van der Waals surface area contributed by atoms with Crippen molar-refractivity contribution in [1.82, 2.24) is 0 Å². The van der Waals surface area contributed by atoms with E-state index in [4.69, 9.17) is 31.2 Å². The molecule has 10 nitrogen and oxygen atoms in total. The van der Waals surface area contributed by atoms with Crippen molar-refractivity contribution in [3.8, 4) is 17.2 Å². The van der Waals surface area contributed by atoms with Crippen molar-refractivity contribution in [3.05, 3.63) is 86.5 Å². The Balaban J connectivity index is 1.82. The molecule has 11 heteroatoms. The van der Waals surface area contributed by atoms with Gasteiger partial charge in [0.15, 0.2) is 5.05 Å². The maximum absolute atomic E-state index is 14.1. The van der Waals surface area contributed by atoms with Gasteiger partial charge in [0.05, 0.1) is 0 Å². The van der Waals surface area contributed by atoms with Crippen LogP contribution in [0.2, 0.25) is 0 Å². The van der Waals surface area contributed by atoms with Gasteiger partial charge in [0.1, 0.15) is 49.1 Å². The Kier molecular flexibility index (Phi) is 33.9. The molecule has 522 valence electrons. The second-order valence-corrected chi connectivity index (χ2v) is 33.9. The second-order valence-electron chi connectivity index (χ2n) is 33.4. The molecule has 0 radical (unpaired) electrons. The number of unbranched alkanes of at least 4 members (excludes halogenated alkanes) is 21. The number of esters is 3. The SMILES string of the molecule is CCCCCCCCCCCCCCCCCCCCCCCCC(=S)OCC(COC(=O)CCc1cc(C(C)(C)C)c(O)c(C(C)(C)C)c1)(COC(=O)CCc1cc(C(C)(C)C)c(O)c(C(C)(C)C)c1)COC(=O)CCc1cc(C(C)(C)C)c(O)c(C(C)(C)C)c1. The molecule has 3 aromatic carbocycles. The summed E-state index contributed by atoms with van der Waals surface area (Å²) in [5.74, 6) is -0.711. The van der Waals surface area contributed by atoms with Crippen LogP contribution in [0.3, 0.4) is 0 Å². The summed E-state index contributed by atoms with van der Waals surface area (Å²) in [6.45, 7) is 38.3. The Morgan fingerprint density at radius 1 is 0.315 bits per heavy atom. The third-order valence-corrected chi connectivity index (χ3v) is 18.4. The lowest BCUT2D eigenvalue weighted by Crippen LogP contribution is -2.44. The van der Waals surface area contributed by atoms with Crippen LogP contribution in [0, 0.1) is 5.41 Å². The first-order chi connectivity index (χ1) is 42.8. The number of aryl methyl sites for hydroxylation is 3. The molecule has 0 aliphatic carbocycles. The minimum atomic E-state index is -1.36. The fourth-order valence-corrected chi connectivity index (χ4v) is 12.2. The number of benzene rings is 3. The minimum absolute atomic E-state index is 0.0197. The van der Waals surface area contributed by atoms with Gasteiger partial charge in [-0.05, 0) is 120 Å². The van der Waals surface area contributed by atoms with Gasteiger partial charge in [-0.15, -0.1) is 0 Å². The number of carbonyl (C=O) groups excluding carboxylic acids is 3. The number of aromatic hydroxyl groups is 3. The van der Waals surface area contributed by atoms with Gasteiger partial charge < -0.3 is 34.3 Å². The molecule has 0 heterocycles. The normalized spacial score (nSPS) is 12.7. The average molecular weight is 1300 g/mol. The van der Waals surface area contributed by atoms with Gasteiger partial charge in [0.25, 0.3) is 0 Å². The quantitative estimate of drug-likeness (QED) is 0.0216. The molecule has 0 saturated carbocycles. The highest BCUT2D eigenvalue weighted by Gasteiger charge is 2.38. The van der Waals surface area contributed by atoms with Crippen LogP contribution in [0.1, 0.15) is 349 Å². The maximum atomic E-state index is 14.1. The van der Waals surface area contributed by atoms with E-state index in [0.29, 0.717) is 30.7 Å². The smallest absolute Gasteiger partial charge is 0.306 e. The second kappa shape index (κ2) is 38.2. The summed E-state index contributed by atoms with van der Waals surface area (Å²) in [5.41, 5.74) is 3.98. The Labute approximate surface area is 566 Å². The summed E-state index contributed by atoms with van der Waals surface area (Å²) in [5, 5.41) is 34.7. The highest BCUT2D eigenvalue weighted by atomic mass is 32.1. The zero-order chi connectivity index (χ0) is 69.1. The molecule has 3 N–H and O–H groups in total. The van der Waals surface area contributed by atoms with E-state index in [1.54, 1.807) is 0 Å². The van der Waals surface area contributed by atoms with Crippen LogP contribution in [-0.2, 0) is 85.1 Å². The van der Waals surface area contributed by atoms with E-state index < -0.39 is 23.3 Å². The van der Waals surface area contributed by atoms with Gasteiger partial charge in [-0.25, -0.2) is 0 Å². The number of hydrogen-bond donors (Lipinski definition) is 3. The van der Waals surface area contributed by atoms with Crippen molar-refractivity contribution >= 4 is 35.2 Å². The fourth-order valence-electron chi connectivity index (χ4n) is 12.0. The highest BCUT2D eigenvalue weighted by Crippen LogP contribution is 2.43. The number of thiocarbonyl (C=S) groups is 1. The third-order valence-electron chi connectivity index (χ3n) is 18.1. The molecular weight excluding hydrogens is 1160 g/mol. The molecule has 0 spiro atoms. The van der Waals surface area contributed by atoms with Crippen LogP contribution in [0.25, 0.3) is 0 Å². The average Bonchev–Trinajstić information content (AvgIpc) is 0.804. The predicted octanol–water partition coefficient (Wildman–Crippen LogP) is 21.7. The Bertz CT molecular complexity index is 2380. The molecule has 0 amide bonds. The van der Waals surface area contributed by atoms with Crippen LogP contribution in [-0.4, -0.2) is 64.7 Å². The molecule has 0 unspecified atom stereocenters. The van der Waals surface area contributed by atoms with Crippen molar-refractivity contribution in [2.24, 2.45) is 5.41 Å². The van der Waals surface area contributed by atoms with E-state index >= 15 is 0 Å². The summed E-state index contributed by atoms with van der Waals surface area (Å²) < 4.78 is 25.0. The molecule has 0 aromatic heterocycles. The van der Waals surface area contributed by atoms with E-state index in [-0.39, 0.29) is 95.4 Å². The van der Waals surface area contributed by atoms with Crippen molar-refractivity contribution < 1.29 is 48.7 Å². The van der Waals surface area contributed by atoms with Crippen LogP contribution in [0.4, 0.5) is 0 Å². The topological polar surface area (TPSA) is 149 Å². The number of hydrogen-bond acceptors (Lipinski definition) is 11. The Morgan fingerprint density at radius 3 is 0.717 bits per heavy atom. The first-order valence-corrected chi connectivity index (χ1v) is 36.4. The monoisotopic (exact) mass is 1300 g/mol. The molecule has 3 rings (SSSR count). The molecule has 0 atom stereocenters. The van der Waals surface area contributed by atoms with Crippen LogP contribution in [0.5, 0.6) is 17.2 Å². The van der Waals surface area contributed by atoms with E-state index in [9.17, 15) is 29.7 Å². The van der Waals surface area contributed by atoms with Crippen LogP contribution in [0.15, 0.2) is 36.4 Å². The van der Waals surface area contributed by atoms with Gasteiger partial charge in [0.2, 0.25) is 0 Å². The van der Waals surface area contributed by atoms with Gasteiger partial charge in [-0.3, -0.25) is 14.4 Å². The molecule has 0 saturated heterocycles. The lowest BCUT2D eigenvalue weighted by atomic mass is 9.78. The van der Waals surface area contributed by atoms with E-state index in [0.717, 1.165) is 69.3 Å². The predicted molar refractivity (Wildman–Crippen MR) is 387 cm³/mol.